The van der Waals surface area contributed by atoms with E-state index in [1.54, 1.807) is 45.9 Å². The number of unbranched alkanes of at least 4 members (excludes halogenated alkanes) is 2. The van der Waals surface area contributed by atoms with Crippen molar-refractivity contribution in [3.05, 3.63) is 65.5 Å². The van der Waals surface area contributed by atoms with Gasteiger partial charge in [-0.2, -0.15) is 0 Å². The molecule has 1 amide bonds. The number of aliphatic hydroxyl groups is 2. The van der Waals surface area contributed by atoms with Crippen LogP contribution in [-0.2, 0) is 28.6 Å². The molecule has 9 atom stereocenters. The molecule has 15 heteroatoms. The summed E-state index contributed by atoms with van der Waals surface area (Å²) >= 11 is 0. The molecule has 0 saturated carbocycles. The van der Waals surface area contributed by atoms with E-state index in [1.165, 1.54) is 53.2 Å². The molecule has 0 saturated heterocycles. The van der Waals surface area contributed by atoms with Gasteiger partial charge in [0.1, 0.15) is 30.0 Å². The molecule has 15 nitrogen and oxygen atoms in total. The number of phenolic OH excluding ortho intramolecular Hbond substituents is 3. The van der Waals surface area contributed by atoms with Crippen LogP contribution in [0.4, 0.5) is 5.69 Å². The van der Waals surface area contributed by atoms with Crippen LogP contribution in [0.25, 0.3) is 10.8 Å². The van der Waals surface area contributed by atoms with Crippen molar-refractivity contribution < 1.29 is 63.7 Å². The molecule has 0 radical (unpaired) electrons. The fraction of sp³-hybridized carbons (Fsp3) is 0.500. The summed E-state index contributed by atoms with van der Waals surface area (Å²) in [6.45, 7) is 16.3. The predicted octanol–water partition coefficient (Wildman–Crippen LogP) is 6.46. The third-order valence-electron chi connectivity index (χ3n) is 11.2. The van der Waals surface area contributed by atoms with Gasteiger partial charge in [-0.25, -0.2) is 0 Å². The average Bonchev–Trinajstić information content (AvgIpc) is 3.46. The number of esters is 1. The molecule has 5 bridgehead atoms. The normalized spacial score (nSPS) is 30.0. The summed E-state index contributed by atoms with van der Waals surface area (Å²) in [5.41, 5.74) is -0.610. The first-order chi connectivity index (χ1) is 27.8. The first-order valence-electron chi connectivity index (χ1n) is 19.7. The van der Waals surface area contributed by atoms with E-state index in [1.807, 2.05) is 0 Å². The number of hydrogen-bond acceptors (Lipinski definition) is 14. The largest absolute Gasteiger partial charge is 0.507 e. The number of hydrogen-bond donors (Lipinski definition) is 6. The van der Waals surface area contributed by atoms with E-state index in [4.69, 9.17) is 23.8 Å². The molecule has 3 heterocycles. The molecule has 2 aromatic carbocycles. The lowest BCUT2D eigenvalue weighted by Crippen LogP contribution is -2.46. The number of fused-ring (bicyclic) bond motifs is 14. The fourth-order valence-electron chi connectivity index (χ4n) is 7.47. The second-order valence-electron chi connectivity index (χ2n) is 15.5. The van der Waals surface area contributed by atoms with Crippen molar-refractivity contribution in [1.29, 1.82) is 0 Å². The molecule has 9 unspecified atom stereocenters. The van der Waals surface area contributed by atoms with Gasteiger partial charge in [0.2, 0.25) is 0 Å². The molecule has 6 N–H and O–H groups in total. The van der Waals surface area contributed by atoms with E-state index in [9.17, 15) is 39.9 Å². The maximum atomic E-state index is 14.4. The Bertz CT molecular complexity index is 2040. The number of rotatable bonds is 9. The topological polar surface area (TPSA) is 223 Å². The van der Waals surface area contributed by atoms with Crippen LogP contribution < -0.4 is 10.1 Å². The monoisotopic (exact) mass is 822 g/mol. The molecule has 0 aliphatic carbocycles. The summed E-state index contributed by atoms with van der Waals surface area (Å²) in [7, 11) is 1.43. The summed E-state index contributed by atoms with van der Waals surface area (Å²) in [6, 6.07) is 0. The van der Waals surface area contributed by atoms with Gasteiger partial charge in [0, 0.05) is 61.2 Å². The smallest absolute Gasteiger partial charge is 0.312 e. The summed E-state index contributed by atoms with van der Waals surface area (Å²) in [5.74, 6) is -8.64. The van der Waals surface area contributed by atoms with E-state index < -0.39 is 88.8 Å². The van der Waals surface area contributed by atoms with E-state index in [0.29, 0.717) is 6.42 Å². The maximum Gasteiger partial charge on any atom is 0.312 e. The van der Waals surface area contributed by atoms with Gasteiger partial charge in [-0.15, -0.1) is 6.58 Å². The Kier molecular flexibility index (Phi) is 15.4. The second kappa shape index (κ2) is 19.6. The van der Waals surface area contributed by atoms with Gasteiger partial charge in [0.25, 0.3) is 11.7 Å². The number of ketones is 1. The van der Waals surface area contributed by atoms with Crippen LogP contribution in [0.2, 0.25) is 0 Å². The highest BCUT2D eigenvalue weighted by Gasteiger charge is 2.50. The molecule has 0 fully saturated rings. The zero-order valence-electron chi connectivity index (χ0n) is 35.1. The predicted molar refractivity (Wildman–Crippen MR) is 221 cm³/mol. The Morgan fingerprint density at radius 3 is 2.32 bits per heavy atom. The van der Waals surface area contributed by atoms with Crippen LogP contribution in [0.5, 0.6) is 23.0 Å². The Hall–Kier alpha value is -5.38. The van der Waals surface area contributed by atoms with Crippen LogP contribution >= 0.6 is 0 Å². The van der Waals surface area contributed by atoms with Gasteiger partial charge in [-0.05, 0) is 39.2 Å². The van der Waals surface area contributed by atoms with E-state index in [-0.39, 0.29) is 51.1 Å². The van der Waals surface area contributed by atoms with Crippen LogP contribution in [0.3, 0.4) is 0 Å². The summed E-state index contributed by atoms with van der Waals surface area (Å²) in [6.07, 6.45) is 8.51. The average molecular weight is 823 g/mol. The number of amides is 1. The van der Waals surface area contributed by atoms with Gasteiger partial charge in [0.05, 0.1) is 53.0 Å². The van der Waals surface area contributed by atoms with Crippen LogP contribution in [0.15, 0.2) is 53.9 Å². The molecule has 3 aliphatic heterocycles. The highest BCUT2D eigenvalue weighted by Crippen LogP contribution is 2.55. The van der Waals surface area contributed by atoms with Gasteiger partial charge in [0.15, 0.2) is 5.75 Å². The number of nitrogens with zero attached hydrogens (tertiary/aromatic N) is 1. The van der Waals surface area contributed by atoms with Gasteiger partial charge in [-0.1, -0.05) is 57.2 Å². The van der Waals surface area contributed by atoms with Crippen LogP contribution in [0.1, 0.15) is 89.2 Å². The van der Waals surface area contributed by atoms with Crippen molar-refractivity contribution in [3.8, 4) is 23.0 Å². The molecule has 59 heavy (non-hydrogen) atoms. The second-order valence-corrected chi connectivity index (χ2v) is 15.5. The number of carbonyl (C=O) groups excluding carboxylic acids is 3. The van der Waals surface area contributed by atoms with Crippen molar-refractivity contribution in [2.24, 2.45) is 28.8 Å². The molecule has 322 valence electrons. The molecular formula is C44H58N2O13. The summed E-state index contributed by atoms with van der Waals surface area (Å²) < 4.78 is 23.5. The number of benzene rings is 2. The summed E-state index contributed by atoms with van der Waals surface area (Å²) in [4.78, 5) is 45.7. The minimum absolute atomic E-state index is 0.0332. The molecule has 3 aliphatic rings. The highest BCUT2D eigenvalue weighted by molar-refractivity contribution is 6.23. The first-order valence-corrected chi connectivity index (χ1v) is 19.7. The number of phenols is 3. The number of carbonyl (C=O) groups is 3. The Morgan fingerprint density at radius 2 is 1.68 bits per heavy atom. The number of ether oxygens (including phenoxy) is 4. The molecule has 0 spiro atoms. The number of aliphatic hydroxyl groups excluding tert-OH is 2. The number of allylic oxidation sites excluding steroid dienone is 3. The quantitative estimate of drug-likeness (QED) is 0.0304. The highest BCUT2D eigenvalue weighted by atomic mass is 16.7. The lowest BCUT2D eigenvalue weighted by molar-refractivity contribution is -0.160. The van der Waals surface area contributed by atoms with Crippen molar-refractivity contribution in [2.75, 3.05) is 19.0 Å². The number of anilines is 1. The third kappa shape index (κ3) is 9.75. The molecule has 5 rings (SSSR count). The van der Waals surface area contributed by atoms with E-state index >= 15 is 0 Å². The standard InChI is InChI=1S/C44H58N2O13/c1-11-12-13-14-19-57-45-21-29-34-39(52)32-31(38(29)51)33-41(27(7)37(32)50)59-44(9,42(33)53)56-20-18-30(55-10)24(4)40(58-28(8)47)26(6)36(49)25(5)35(48)22(2)16-15-17-23(3)43(54)46-34/h11,15-18,20-22,24-26,30,35-36,40,48-52H,1,12-14,19H2,2-10H3,(H,46,54)/b16-15+,20-18+,23-17-,45-21+. The van der Waals surface area contributed by atoms with E-state index in [2.05, 4.69) is 17.1 Å². The Morgan fingerprint density at radius 1 is 0.983 bits per heavy atom. The van der Waals surface area contributed by atoms with Crippen molar-refractivity contribution in [2.45, 2.75) is 105 Å². The number of Topliss-reactive ketones (excluding diaryl/α,β-unsaturated/α-hetero) is 1. The minimum Gasteiger partial charge on any atom is -0.507 e. The zero-order valence-corrected chi connectivity index (χ0v) is 35.1. The van der Waals surface area contributed by atoms with Crippen LogP contribution in [0, 0.1) is 30.6 Å². The lowest BCUT2D eigenvalue weighted by atomic mass is 9.78. The van der Waals surface area contributed by atoms with Gasteiger partial charge < -0.3 is 54.6 Å². The lowest BCUT2D eigenvalue weighted by Gasteiger charge is -2.38. The van der Waals surface area contributed by atoms with Gasteiger partial charge >= 0.3 is 11.8 Å². The Labute approximate surface area is 344 Å². The molecule has 0 aromatic heterocycles. The number of nitrogens with one attached hydrogen (secondary N) is 1. The van der Waals surface area contributed by atoms with Crippen LogP contribution in [-0.4, -0.2) is 93.3 Å². The molecular weight excluding hydrogens is 764 g/mol. The van der Waals surface area contributed by atoms with Crippen molar-refractivity contribution in [1.82, 2.24) is 0 Å². The van der Waals surface area contributed by atoms with Crippen molar-refractivity contribution in [3.63, 3.8) is 0 Å². The number of methoxy groups -OCH3 is 1. The summed E-state index contributed by atoms with van der Waals surface area (Å²) in [5, 5.41) is 64.0. The number of aromatic hydroxyl groups is 3. The minimum atomic E-state index is -2.06. The third-order valence-corrected chi connectivity index (χ3v) is 11.2. The fourth-order valence-corrected chi connectivity index (χ4v) is 7.47. The van der Waals surface area contributed by atoms with Crippen molar-refractivity contribution >= 4 is 40.3 Å². The van der Waals surface area contributed by atoms with Gasteiger partial charge in [-0.3, -0.25) is 14.4 Å². The molecule has 2 aromatic rings. The first kappa shape index (κ1) is 46.3. The SMILES string of the molecule is C=CCCCCO/N=C/c1c2c(O)c3c(O)c(C)c4c(c3c1O)C(=O)C(C)(O/C=C/C(OC)C(C)C(OC(C)=O)C(C)C(O)C(C)C(O)C(C)/C=C/C=C(/C)C(=O)N2)O4. The maximum absolute atomic E-state index is 14.4. The van der Waals surface area contributed by atoms with E-state index in [0.717, 1.165) is 19.1 Å². The Balaban J connectivity index is 1.94. The number of oxime groups is 1. The zero-order chi connectivity index (χ0) is 43.9.